The lowest BCUT2D eigenvalue weighted by Gasteiger charge is -2.47. The molecule has 0 N–H and O–H groups in total. The Kier molecular flexibility index (Phi) is 7.28. The van der Waals surface area contributed by atoms with Gasteiger partial charge in [0.05, 0.1) is 0 Å². The zero-order chi connectivity index (χ0) is 21.2. The predicted octanol–water partition coefficient (Wildman–Crippen LogP) is 4.92. The maximum absolute atomic E-state index is 12.3. The van der Waals surface area contributed by atoms with Crippen molar-refractivity contribution in [3.8, 4) is 0 Å². The Bertz CT molecular complexity index is 680. The van der Waals surface area contributed by atoms with Crippen LogP contribution in [0, 0.1) is 0 Å². The van der Waals surface area contributed by atoms with E-state index in [1.165, 1.54) is 5.56 Å². The Labute approximate surface area is 184 Å². The van der Waals surface area contributed by atoms with Crippen molar-refractivity contribution in [2.45, 2.75) is 71.2 Å². The summed E-state index contributed by atoms with van der Waals surface area (Å²) in [4.78, 5) is 19.4. The van der Waals surface area contributed by atoms with Gasteiger partial charge in [-0.25, -0.2) is 4.79 Å². The minimum Gasteiger partial charge on any atom is -0.444 e. The maximum Gasteiger partial charge on any atom is 0.410 e. The molecule has 0 aromatic heterocycles. The minimum atomic E-state index is -0.425. The summed E-state index contributed by atoms with van der Waals surface area (Å²) in [6.07, 6.45) is 1.90. The largest absolute Gasteiger partial charge is 0.444 e. The van der Waals surface area contributed by atoms with Gasteiger partial charge in [-0.05, 0) is 65.2 Å². The zero-order valence-electron chi connectivity index (χ0n) is 18.5. The van der Waals surface area contributed by atoms with E-state index in [-0.39, 0.29) is 6.09 Å². The van der Waals surface area contributed by atoms with Crippen LogP contribution in [0.4, 0.5) is 4.79 Å². The van der Waals surface area contributed by atoms with Crippen LogP contribution in [-0.2, 0) is 4.74 Å². The topological polar surface area (TPSA) is 36.0 Å². The molecular weight excluding hydrogens is 430 g/mol. The van der Waals surface area contributed by atoms with E-state index in [2.05, 4.69) is 63.8 Å². The van der Waals surface area contributed by atoms with Gasteiger partial charge < -0.3 is 9.64 Å². The third kappa shape index (κ3) is 5.96. The summed E-state index contributed by atoms with van der Waals surface area (Å²) < 4.78 is 6.66. The van der Waals surface area contributed by atoms with E-state index in [0.29, 0.717) is 18.1 Å². The Morgan fingerprint density at radius 1 is 1.10 bits per heavy atom. The summed E-state index contributed by atoms with van der Waals surface area (Å²) in [6.45, 7) is 15.3. The molecule has 0 spiro atoms. The first-order chi connectivity index (χ1) is 13.6. The highest BCUT2D eigenvalue weighted by Gasteiger charge is 2.34. The third-order valence-electron chi connectivity index (χ3n) is 6.19. The van der Waals surface area contributed by atoms with Gasteiger partial charge in [-0.3, -0.25) is 9.80 Å². The summed E-state index contributed by atoms with van der Waals surface area (Å²) in [5, 5.41) is 0. The summed E-state index contributed by atoms with van der Waals surface area (Å²) in [5.74, 6) is 0. The number of carbonyl (C=O) groups is 1. The second-order valence-electron chi connectivity index (χ2n) is 9.51. The van der Waals surface area contributed by atoms with Crippen LogP contribution in [0.5, 0.6) is 0 Å². The van der Waals surface area contributed by atoms with Gasteiger partial charge in [0.15, 0.2) is 0 Å². The molecule has 0 aliphatic carbocycles. The number of ether oxygens (including phenoxy) is 1. The summed E-state index contributed by atoms with van der Waals surface area (Å²) in [7, 11) is 0. The molecule has 0 radical (unpaired) electrons. The normalized spacial score (nSPS) is 23.8. The van der Waals surface area contributed by atoms with E-state index < -0.39 is 5.60 Å². The van der Waals surface area contributed by atoms with Crippen LogP contribution in [0.2, 0.25) is 0 Å². The lowest BCUT2D eigenvalue weighted by atomic mass is 9.99. The molecule has 162 valence electrons. The van der Waals surface area contributed by atoms with E-state index >= 15 is 0 Å². The number of nitrogens with zero attached hydrogens (tertiary/aromatic N) is 3. The number of piperidine rings is 1. The average Bonchev–Trinajstić information content (AvgIpc) is 2.67. The van der Waals surface area contributed by atoms with Crippen molar-refractivity contribution in [1.82, 2.24) is 14.7 Å². The van der Waals surface area contributed by atoms with Gasteiger partial charge in [-0.15, -0.1) is 0 Å². The molecule has 3 rings (SSSR count). The van der Waals surface area contributed by atoms with Crippen molar-refractivity contribution >= 4 is 22.0 Å². The number of amides is 1. The molecule has 1 amide bonds. The molecule has 29 heavy (non-hydrogen) atoms. The standard InChI is InChI=1S/C23H36BrN3O2/c1-17-16-26(14-15-27(17)18(2)19-6-8-20(24)9-7-19)21-10-12-25(13-11-21)22(28)29-23(3,4)5/h6-9,17-18,21H,10-16H2,1-5H3. The second-order valence-corrected chi connectivity index (χ2v) is 10.4. The molecule has 2 aliphatic rings. The third-order valence-corrected chi connectivity index (χ3v) is 6.72. The predicted molar refractivity (Wildman–Crippen MR) is 121 cm³/mol. The molecule has 1 aromatic rings. The van der Waals surface area contributed by atoms with E-state index in [1.54, 1.807) is 0 Å². The molecule has 2 aliphatic heterocycles. The van der Waals surface area contributed by atoms with Crippen LogP contribution in [0.1, 0.15) is 59.1 Å². The Hall–Kier alpha value is -1.11. The van der Waals surface area contributed by atoms with Crippen LogP contribution < -0.4 is 0 Å². The zero-order valence-corrected chi connectivity index (χ0v) is 20.1. The summed E-state index contributed by atoms with van der Waals surface area (Å²) >= 11 is 3.53. The summed E-state index contributed by atoms with van der Waals surface area (Å²) in [6, 6.07) is 10.2. The Balaban J connectivity index is 1.50. The van der Waals surface area contributed by atoms with Crippen molar-refractivity contribution in [1.29, 1.82) is 0 Å². The summed E-state index contributed by atoms with van der Waals surface area (Å²) in [5.41, 5.74) is 0.949. The number of benzene rings is 1. The SMILES string of the molecule is CC1CN(C2CCN(C(=O)OC(C)(C)C)CC2)CCN1C(C)c1ccc(Br)cc1. The number of likely N-dealkylation sites (tertiary alicyclic amines) is 1. The van der Waals surface area contributed by atoms with Crippen LogP contribution in [0.15, 0.2) is 28.7 Å². The first kappa shape index (κ1) is 22.6. The van der Waals surface area contributed by atoms with E-state index in [1.807, 2.05) is 25.7 Å². The van der Waals surface area contributed by atoms with Crippen molar-refractivity contribution in [3.05, 3.63) is 34.3 Å². The van der Waals surface area contributed by atoms with Crippen LogP contribution in [0.25, 0.3) is 0 Å². The fourth-order valence-corrected chi connectivity index (χ4v) is 4.84. The number of carbonyl (C=O) groups excluding carboxylic acids is 1. The van der Waals surface area contributed by atoms with Crippen molar-refractivity contribution in [2.75, 3.05) is 32.7 Å². The van der Waals surface area contributed by atoms with Gasteiger partial charge >= 0.3 is 6.09 Å². The Morgan fingerprint density at radius 2 is 1.72 bits per heavy atom. The monoisotopic (exact) mass is 465 g/mol. The first-order valence-corrected chi connectivity index (χ1v) is 11.7. The van der Waals surface area contributed by atoms with E-state index in [4.69, 9.17) is 4.74 Å². The van der Waals surface area contributed by atoms with Gasteiger partial charge in [0.2, 0.25) is 0 Å². The van der Waals surface area contributed by atoms with E-state index in [9.17, 15) is 4.79 Å². The molecule has 2 saturated heterocycles. The number of rotatable bonds is 3. The van der Waals surface area contributed by atoms with Gasteiger partial charge in [0.25, 0.3) is 0 Å². The number of halogens is 1. The number of hydrogen-bond acceptors (Lipinski definition) is 4. The fraction of sp³-hybridized carbons (Fsp3) is 0.696. The minimum absolute atomic E-state index is 0.169. The van der Waals surface area contributed by atoms with Gasteiger partial charge in [-0.1, -0.05) is 28.1 Å². The first-order valence-electron chi connectivity index (χ1n) is 10.9. The Morgan fingerprint density at radius 3 is 2.28 bits per heavy atom. The van der Waals surface area contributed by atoms with E-state index in [0.717, 1.165) is 50.0 Å². The highest BCUT2D eigenvalue weighted by atomic mass is 79.9. The smallest absolute Gasteiger partial charge is 0.410 e. The molecular formula is C23H36BrN3O2. The average molecular weight is 466 g/mol. The van der Waals surface area contributed by atoms with Crippen molar-refractivity contribution < 1.29 is 9.53 Å². The molecule has 0 saturated carbocycles. The number of hydrogen-bond donors (Lipinski definition) is 0. The molecule has 6 heteroatoms. The van der Waals surface area contributed by atoms with Gasteiger partial charge in [-0.2, -0.15) is 0 Å². The molecule has 5 nitrogen and oxygen atoms in total. The van der Waals surface area contributed by atoms with Crippen LogP contribution in [-0.4, -0.2) is 71.2 Å². The lowest BCUT2D eigenvalue weighted by Crippen LogP contribution is -2.57. The lowest BCUT2D eigenvalue weighted by molar-refractivity contribution is -0.00206. The highest BCUT2D eigenvalue weighted by Crippen LogP contribution is 2.28. The highest BCUT2D eigenvalue weighted by molar-refractivity contribution is 9.10. The quantitative estimate of drug-likeness (QED) is 0.634. The molecule has 2 atom stereocenters. The van der Waals surface area contributed by atoms with Gasteiger partial charge in [0, 0.05) is 55.3 Å². The van der Waals surface area contributed by atoms with Crippen LogP contribution in [0.3, 0.4) is 0 Å². The van der Waals surface area contributed by atoms with Gasteiger partial charge in [0.1, 0.15) is 5.60 Å². The molecule has 0 bridgehead atoms. The molecule has 2 heterocycles. The number of piperazine rings is 1. The van der Waals surface area contributed by atoms with Crippen molar-refractivity contribution in [2.24, 2.45) is 0 Å². The molecule has 2 fully saturated rings. The second kappa shape index (κ2) is 9.36. The van der Waals surface area contributed by atoms with Crippen LogP contribution >= 0.6 is 15.9 Å². The molecule has 1 aromatic carbocycles. The molecule has 2 unspecified atom stereocenters. The maximum atomic E-state index is 12.3. The fourth-order valence-electron chi connectivity index (χ4n) is 4.58. The van der Waals surface area contributed by atoms with Crippen molar-refractivity contribution in [3.63, 3.8) is 0 Å².